The summed E-state index contributed by atoms with van der Waals surface area (Å²) in [7, 11) is 0. The van der Waals surface area contributed by atoms with Crippen molar-refractivity contribution < 1.29 is 14.2 Å². The van der Waals surface area contributed by atoms with Gasteiger partial charge in [0, 0.05) is 0 Å². The van der Waals surface area contributed by atoms with Gasteiger partial charge in [0.2, 0.25) is 0 Å². The Labute approximate surface area is 358 Å². The van der Waals surface area contributed by atoms with Crippen LogP contribution in [0.5, 0.6) is 34.5 Å². The van der Waals surface area contributed by atoms with Crippen LogP contribution < -0.4 is 36.7 Å². The van der Waals surface area contributed by atoms with E-state index in [9.17, 15) is 0 Å². The van der Waals surface area contributed by atoms with Gasteiger partial charge in [0.15, 0.2) is 0 Å². The molecule has 9 aromatic carbocycles. The van der Waals surface area contributed by atoms with Crippen LogP contribution in [0.3, 0.4) is 0 Å². The summed E-state index contributed by atoms with van der Waals surface area (Å²) in [5, 5.41) is 4.85. The molecular weight excluding hydrogens is 823 g/mol. The second kappa shape index (κ2) is 11.6. The number of rotatable bonds is 3. The van der Waals surface area contributed by atoms with E-state index in [4.69, 9.17) is 14.2 Å². The minimum absolute atomic E-state index is 0.832. The summed E-state index contributed by atoms with van der Waals surface area (Å²) in [6.45, 7) is 2.12. The fraction of sp³-hybridized carbons (Fsp3) is 0.0182. The van der Waals surface area contributed by atoms with Crippen LogP contribution in [0.15, 0.2) is 182 Å². The summed E-state index contributed by atoms with van der Waals surface area (Å²) in [6.07, 6.45) is 0. The average Bonchev–Trinajstić information content (AvgIpc) is 3.83. The normalized spacial score (nSPS) is 15.9. The molecule has 7 heteroatoms. The van der Waals surface area contributed by atoms with Crippen LogP contribution in [0.4, 0.5) is 17.1 Å². The number of benzene rings is 9. The zero-order valence-electron chi connectivity index (χ0n) is 33.4. The number of aromatic nitrogens is 2. The third-order valence-corrected chi connectivity index (χ3v) is 24.0. The van der Waals surface area contributed by atoms with E-state index in [2.05, 4.69) is 203 Å². The maximum atomic E-state index is 7.55. The number of ether oxygens (including phenoxy) is 3. The van der Waals surface area contributed by atoms with Gasteiger partial charge in [-0.3, -0.25) is 0 Å². The van der Waals surface area contributed by atoms with E-state index >= 15 is 0 Å². The Morgan fingerprint density at radius 3 is 1.45 bits per heavy atom. The number of nitrogens with zero attached hydrogens (tertiary/aromatic N) is 3. The third kappa shape index (κ3) is 3.97. The number of para-hydroxylation sites is 4. The molecule has 0 amide bonds. The Morgan fingerprint density at radius 1 is 0.371 bits per heavy atom. The van der Waals surface area contributed by atoms with Crippen molar-refractivity contribution in [1.29, 1.82) is 0 Å². The Bertz CT molecular complexity index is 3720. The van der Waals surface area contributed by atoms with Crippen LogP contribution in [0.2, 0.25) is 0 Å². The van der Waals surface area contributed by atoms with E-state index in [-0.39, 0.29) is 0 Å². The molecule has 0 spiro atoms. The molecule has 1 atom stereocenters. The van der Waals surface area contributed by atoms with Gasteiger partial charge in [0.05, 0.1) is 0 Å². The zero-order valence-corrected chi connectivity index (χ0v) is 35.5. The van der Waals surface area contributed by atoms with Gasteiger partial charge in [-0.25, -0.2) is 0 Å². The van der Waals surface area contributed by atoms with E-state index < -0.39 is 13.3 Å². The number of fused-ring (bicyclic) bond motifs is 9. The summed E-state index contributed by atoms with van der Waals surface area (Å²) in [5.74, 6) is 5.10. The Morgan fingerprint density at radius 2 is 0.855 bits per heavy atom. The molecule has 4 aliphatic rings. The van der Waals surface area contributed by atoms with Crippen LogP contribution in [0.1, 0.15) is 5.56 Å². The molecule has 6 heterocycles. The molecule has 0 fully saturated rings. The summed E-state index contributed by atoms with van der Waals surface area (Å²) in [5.41, 5.74) is 10.9. The minimum atomic E-state index is -4.08. The van der Waals surface area contributed by atoms with Gasteiger partial charge in [0.1, 0.15) is 0 Å². The monoisotopic (exact) mass is 857 g/mol. The predicted molar refractivity (Wildman–Crippen MR) is 252 cm³/mol. The summed E-state index contributed by atoms with van der Waals surface area (Å²) in [4.78, 5) is 2.45. The molecule has 4 aliphatic heterocycles. The second-order valence-electron chi connectivity index (χ2n) is 16.9. The Balaban J connectivity index is 1.11. The fourth-order valence-corrected chi connectivity index (χ4v) is 22.8. The molecule has 1 unspecified atom stereocenters. The fourth-order valence-electron chi connectivity index (χ4n) is 11.4. The van der Waals surface area contributed by atoms with Crippen molar-refractivity contribution in [3.05, 3.63) is 188 Å². The number of hydrogen-bond donors (Lipinski definition) is 0. The van der Waals surface area contributed by atoms with E-state index in [0.717, 1.165) is 90.6 Å². The summed E-state index contributed by atoms with van der Waals surface area (Å²) in [6, 6.07) is 66.1. The van der Waals surface area contributed by atoms with Gasteiger partial charge in [-0.1, -0.05) is 0 Å². The number of aryl methyl sites for hydroxylation is 1. The van der Waals surface area contributed by atoms with Crippen LogP contribution >= 0.6 is 0 Å². The number of anilines is 3. The molecule has 2 aromatic heterocycles. The van der Waals surface area contributed by atoms with Gasteiger partial charge in [-0.15, -0.1) is 0 Å². The summed E-state index contributed by atoms with van der Waals surface area (Å²) < 4.78 is 31.6. The first kappa shape index (κ1) is 33.1. The van der Waals surface area contributed by atoms with Crippen molar-refractivity contribution in [2.45, 2.75) is 6.92 Å². The first-order valence-electron chi connectivity index (χ1n) is 21.2. The van der Waals surface area contributed by atoms with Crippen LogP contribution in [-0.4, -0.2) is 22.4 Å². The zero-order chi connectivity index (χ0) is 40.4. The van der Waals surface area contributed by atoms with E-state index in [0.29, 0.717) is 0 Å². The third-order valence-electron chi connectivity index (χ3n) is 13.7. The van der Waals surface area contributed by atoms with Crippen molar-refractivity contribution in [2.75, 3.05) is 4.90 Å². The molecule has 0 radical (unpaired) electrons. The molecule has 0 N–H and O–H groups in total. The van der Waals surface area contributed by atoms with Crippen molar-refractivity contribution >= 4 is 91.5 Å². The van der Waals surface area contributed by atoms with Gasteiger partial charge in [-0.05, 0) is 0 Å². The molecular formula is C55H33GeN3O3. The van der Waals surface area contributed by atoms with Crippen molar-refractivity contribution in [3.63, 3.8) is 0 Å². The molecule has 11 aromatic rings. The molecule has 6 nitrogen and oxygen atoms in total. The number of hydrogen-bond acceptors (Lipinski definition) is 4. The molecule has 0 bridgehead atoms. The van der Waals surface area contributed by atoms with Gasteiger partial charge in [0.25, 0.3) is 0 Å². The SMILES string of the molecule is Cc1ccc2c(c1)Oc1ccc3[c]4c1N2c1cc(-n2c5ccccc5c5ccccc52)cc2[c]1[Ge]4([c]1ccccc1)[c]1c(cc(-n4c5ccccc5c5ccccc54)cc1O3)O2. The van der Waals surface area contributed by atoms with Crippen LogP contribution in [0, 0.1) is 6.92 Å². The summed E-state index contributed by atoms with van der Waals surface area (Å²) >= 11 is -4.08. The van der Waals surface area contributed by atoms with E-state index in [1.54, 1.807) is 0 Å². The standard InChI is InChI=1S/C55H33GeN3O3/c1-32-23-24-44-48(27-32)61-47-26-25-46-54-55(47)59(44)45-28-34(57-40-19-9-5-15-36(40)37-16-6-10-20-41(37)57)29-49-52(45)56(54,33-13-3-2-4-14-33)53-50(60-46)30-35(31-51(53)62-49)58-42-21-11-7-17-38(42)39-18-8-12-22-43(39)58/h2-31H,1H3. The van der Waals surface area contributed by atoms with Gasteiger partial charge >= 0.3 is 360 Å². The van der Waals surface area contributed by atoms with Gasteiger partial charge < -0.3 is 0 Å². The van der Waals surface area contributed by atoms with Gasteiger partial charge in [-0.2, -0.15) is 0 Å². The van der Waals surface area contributed by atoms with Crippen LogP contribution in [-0.2, 0) is 0 Å². The Hall–Kier alpha value is -7.68. The van der Waals surface area contributed by atoms with E-state index in [1.807, 2.05) is 0 Å². The molecule has 62 heavy (non-hydrogen) atoms. The van der Waals surface area contributed by atoms with Crippen molar-refractivity contribution in [2.24, 2.45) is 0 Å². The molecule has 0 saturated heterocycles. The molecule has 15 rings (SSSR count). The quantitative estimate of drug-likeness (QED) is 0.166. The molecule has 0 saturated carbocycles. The molecule has 290 valence electrons. The Kier molecular flexibility index (Phi) is 6.18. The topological polar surface area (TPSA) is 40.8 Å². The second-order valence-corrected chi connectivity index (χ2v) is 24.4. The maximum absolute atomic E-state index is 7.55. The van der Waals surface area contributed by atoms with Crippen molar-refractivity contribution in [3.8, 4) is 45.9 Å². The molecule has 0 aliphatic carbocycles. The van der Waals surface area contributed by atoms with Crippen molar-refractivity contribution in [1.82, 2.24) is 9.13 Å². The average molecular weight is 856 g/mol. The predicted octanol–water partition coefficient (Wildman–Crippen LogP) is 11.7. The van der Waals surface area contributed by atoms with Crippen LogP contribution in [0.25, 0.3) is 55.0 Å². The first-order chi connectivity index (χ1) is 30.6. The first-order valence-corrected chi connectivity index (χ1v) is 25.4. The van der Waals surface area contributed by atoms with E-state index in [1.165, 1.54) is 39.1 Å².